The maximum Gasteiger partial charge on any atom is 0.306 e. The van der Waals surface area contributed by atoms with Crippen molar-refractivity contribution < 1.29 is 28.6 Å². The van der Waals surface area contributed by atoms with Crippen LogP contribution in [0.5, 0.6) is 0 Å². The van der Waals surface area contributed by atoms with Crippen molar-refractivity contribution in [1.29, 1.82) is 0 Å². The molecule has 0 heterocycles. The Morgan fingerprint density at radius 3 is 0.759 bits per heavy atom. The second-order valence-corrected chi connectivity index (χ2v) is 23.4. The van der Waals surface area contributed by atoms with Gasteiger partial charge in [0.05, 0.1) is 0 Å². The normalized spacial score (nSPS) is 12.8. The van der Waals surface area contributed by atoms with Crippen molar-refractivity contribution in [1.82, 2.24) is 0 Å². The number of hydrogen-bond acceptors (Lipinski definition) is 6. The molecule has 0 aliphatic heterocycles. The number of unbranched alkanes of at least 4 members (excludes halogenated alkanes) is 35. The monoisotopic (exact) mass is 1150 g/mol. The minimum Gasteiger partial charge on any atom is -0.462 e. The topological polar surface area (TPSA) is 78.9 Å². The quantitative estimate of drug-likeness (QED) is 0.0261. The molecule has 0 spiro atoms. The lowest BCUT2D eigenvalue weighted by Crippen LogP contribution is -2.30. The van der Waals surface area contributed by atoms with Crippen molar-refractivity contribution in [3.8, 4) is 0 Å². The molecule has 0 aromatic heterocycles. The van der Waals surface area contributed by atoms with Gasteiger partial charge in [0.25, 0.3) is 0 Å². The van der Waals surface area contributed by atoms with Gasteiger partial charge in [0.2, 0.25) is 0 Å². The Morgan fingerprint density at radius 2 is 0.470 bits per heavy atom. The number of hydrogen-bond donors (Lipinski definition) is 0. The first kappa shape index (κ1) is 79.1. The summed E-state index contributed by atoms with van der Waals surface area (Å²) in [6, 6.07) is 0. The Kier molecular flexibility index (Phi) is 67.2. The third kappa shape index (κ3) is 68.7. The number of carbonyl (C=O) groups excluding carboxylic acids is 3. The van der Waals surface area contributed by atoms with Crippen LogP contribution in [0.25, 0.3) is 0 Å². The van der Waals surface area contributed by atoms with E-state index in [1.165, 1.54) is 186 Å². The number of ether oxygens (including phenoxy) is 3. The van der Waals surface area contributed by atoms with Gasteiger partial charge in [-0.3, -0.25) is 14.4 Å². The van der Waals surface area contributed by atoms with Crippen molar-refractivity contribution in [2.45, 2.75) is 348 Å². The predicted molar refractivity (Wildman–Crippen MR) is 362 cm³/mol. The maximum absolute atomic E-state index is 13.0. The summed E-state index contributed by atoms with van der Waals surface area (Å²) in [5.74, 6) is -0.904. The molecular weight excluding hydrogens is 1020 g/mol. The van der Waals surface area contributed by atoms with Crippen LogP contribution in [0.2, 0.25) is 0 Å². The molecule has 1 unspecified atom stereocenters. The highest BCUT2D eigenvalue weighted by Crippen LogP contribution is 2.17. The molecule has 0 N–H and O–H groups in total. The third-order valence-corrected chi connectivity index (χ3v) is 15.2. The van der Waals surface area contributed by atoms with Gasteiger partial charge >= 0.3 is 17.9 Å². The summed E-state index contributed by atoms with van der Waals surface area (Å²) in [5, 5.41) is 0. The lowest BCUT2D eigenvalue weighted by atomic mass is 10.0. The molecule has 0 rings (SSSR count). The molecule has 1 atom stereocenters. The van der Waals surface area contributed by atoms with Gasteiger partial charge in [0, 0.05) is 19.3 Å². The van der Waals surface area contributed by atoms with E-state index in [-0.39, 0.29) is 31.1 Å². The van der Waals surface area contributed by atoms with Gasteiger partial charge in [-0.15, -0.1) is 0 Å². The van der Waals surface area contributed by atoms with E-state index in [1.54, 1.807) is 0 Å². The van der Waals surface area contributed by atoms with Gasteiger partial charge in [-0.25, -0.2) is 0 Å². The Bertz CT molecular complexity index is 1660. The molecule has 0 saturated heterocycles. The van der Waals surface area contributed by atoms with Crippen molar-refractivity contribution in [3.05, 3.63) is 109 Å². The molecule has 0 saturated carbocycles. The Hall–Kier alpha value is -3.93. The van der Waals surface area contributed by atoms with Crippen molar-refractivity contribution in [2.75, 3.05) is 13.2 Å². The smallest absolute Gasteiger partial charge is 0.306 e. The van der Waals surface area contributed by atoms with Gasteiger partial charge in [-0.1, -0.05) is 304 Å². The SMILES string of the molecule is CC/C=C\C/C=C\C/C=C\C/C=C\CCCCCCC(=O)OCC(COC(=O)CCCCCCCCCCCCCCCC/C=C\C/C=C\C/C=C\CCCCCCC)OC(=O)CCCCCCCCCCC/C=C\C/C=C\CCCCC. The van der Waals surface area contributed by atoms with E-state index in [1.807, 2.05) is 0 Å². The van der Waals surface area contributed by atoms with Crippen LogP contribution < -0.4 is 0 Å². The van der Waals surface area contributed by atoms with Crippen LogP contribution in [0, 0.1) is 0 Å². The predicted octanol–water partition coefficient (Wildman–Crippen LogP) is 24.6. The zero-order valence-corrected chi connectivity index (χ0v) is 54.7. The van der Waals surface area contributed by atoms with Crippen molar-refractivity contribution in [2.24, 2.45) is 0 Å². The molecule has 0 aliphatic carbocycles. The molecule has 0 radical (unpaired) electrons. The van der Waals surface area contributed by atoms with Crippen LogP contribution in [0.15, 0.2) is 109 Å². The summed E-state index contributed by atoms with van der Waals surface area (Å²) < 4.78 is 17.0. The molecule has 0 fully saturated rings. The fourth-order valence-corrected chi connectivity index (χ4v) is 9.94. The summed E-state index contributed by atoms with van der Waals surface area (Å²) in [7, 11) is 0. The summed E-state index contributed by atoms with van der Waals surface area (Å²) >= 11 is 0. The van der Waals surface area contributed by atoms with Crippen LogP contribution >= 0.6 is 0 Å². The second kappa shape index (κ2) is 70.6. The van der Waals surface area contributed by atoms with Crippen LogP contribution in [0.4, 0.5) is 0 Å². The highest BCUT2D eigenvalue weighted by Gasteiger charge is 2.19. The Morgan fingerprint density at radius 1 is 0.253 bits per heavy atom. The van der Waals surface area contributed by atoms with Crippen molar-refractivity contribution >= 4 is 17.9 Å². The van der Waals surface area contributed by atoms with E-state index in [0.29, 0.717) is 19.3 Å². The first-order chi connectivity index (χ1) is 41.0. The molecule has 0 bridgehead atoms. The summed E-state index contributed by atoms with van der Waals surface area (Å²) in [5.41, 5.74) is 0. The standard InChI is InChI=1S/C77H132O6/c1-4-7-10-13-16-19-22-25-28-31-33-34-35-36-37-38-39-40-41-42-44-46-49-52-55-58-61-64-67-70-76(79)82-73-74(72-81-75(78)69-66-63-60-57-54-51-48-45-30-27-24-21-18-15-12-9-6-3)83-77(80)71-68-65-62-59-56-53-50-47-43-32-29-26-23-20-17-14-11-8-5-2/h9,12,17-18,20-22,25-27,29-31,33,35-36,48,51,74H,4-8,10-11,13-16,19,23-24,28,32,34,37-47,49-50,52-73H2,1-3H3/b12-9-,20-17-,21-18-,25-22-,29-26-,30-27-,33-31-,36-35-,51-48-. The van der Waals surface area contributed by atoms with Crippen LogP contribution in [0.3, 0.4) is 0 Å². The second-order valence-electron chi connectivity index (χ2n) is 23.4. The molecule has 476 valence electrons. The molecule has 6 heteroatoms. The van der Waals surface area contributed by atoms with Crippen molar-refractivity contribution in [3.63, 3.8) is 0 Å². The van der Waals surface area contributed by atoms with Gasteiger partial charge in [-0.2, -0.15) is 0 Å². The van der Waals surface area contributed by atoms with Crippen LogP contribution in [0.1, 0.15) is 342 Å². The average Bonchev–Trinajstić information content (AvgIpc) is 3.50. The number of esters is 3. The lowest BCUT2D eigenvalue weighted by molar-refractivity contribution is -0.167. The average molecular weight is 1150 g/mol. The van der Waals surface area contributed by atoms with Gasteiger partial charge in [-0.05, 0) is 128 Å². The molecular formula is C77H132O6. The van der Waals surface area contributed by atoms with E-state index in [2.05, 4.69) is 130 Å². The fourth-order valence-electron chi connectivity index (χ4n) is 9.94. The fraction of sp³-hybridized carbons (Fsp3) is 0.727. The van der Waals surface area contributed by atoms with Crippen LogP contribution in [-0.4, -0.2) is 37.2 Å². The van der Waals surface area contributed by atoms with Gasteiger partial charge in [0.15, 0.2) is 6.10 Å². The summed E-state index contributed by atoms with van der Waals surface area (Å²) in [6.45, 7) is 6.50. The summed E-state index contributed by atoms with van der Waals surface area (Å²) in [6.07, 6.45) is 96.8. The van der Waals surface area contributed by atoms with Gasteiger partial charge < -0.3 is 14.2 Å². The number of allylic oxidation sites excluding steroid dienone is 18. The number of rotatable bonds is 64. The largest absolute Gasteiger partial charge is 0.462 e. The molecule has 0 aromatic carbocycles. The molecule has 83 heavy (non-hydrogen) atoms. The highest BCUT2D eigenvalue weighted by molar-refractivity contribution is 5.71. The van der Waals surface area contributed by atoms with E-state index in [9.17, 15) is 14.4 Å². The third-order valence-electron chi connectivity index (χ3n) is 15.2. The molecule has 0 aromatic rings. The maximum atomic E-state index is 13.0. The number of carbonyl (C=O) groups is 3. The van der Waals surface area contributed by atoms with E-state index in [0.717, 1.165) is 116 Å². The molecule has 0 aliphatic rings. The highest BCUT2D eigenvalue weighted by atomic mass is 16.6. The zero-order chi connectivity index (χ0) is 59.9. The first-order valence-electron chi connectivity index (χ1n) is 35.4. The lowest BCUT2D eigenvalue weighted by Gasteiger charge is -2.18. The zero-order valence-electron chi connectivity index (χ0n) is 54.7. The molecule has 0 amide bonds. The minimum absolute atomic E-state index is 0.0874. The first-order valence-corrected chi connectivity index (χ1v) is 35.4. The van der Waals surface area contributed by atoms with E-state index >= 15 is 0 Å². The van der Waals surface area contributed by atoms with Gasteiger partial charge in [0.1, 0.15) is 13.2 Å². The summed E-state index contributed by atoms with van der Waals surface area (Å²) in [4.78, 5) is 38.5. The van der Waals surface area contributed by atoms with Crippen LogP contribution in [-0.2, 0) is 28.6 Å². The van der Waals surface area contributed by atoms with E-state index < -0.39 is 6.10 Å². The molecule has 6 nitrogen and oxygen atoms in total. The minimum atomic E-state index is -0.794. The Labute approximate surface area is 514 Å². The Balaban J connectivity index is 4.33. The van der Waals surface area contributed by atoms with E-state index in [4.69, 9.17) is 14.2 Å².